The molecule has 0 saturated heterocycles. The lowest BCUT2D eigenvalue weighted by molar-refractivity contribution is 0.373. The highest BCUT2D eigenvalue weighted by atomic mass is 79.9. The zero-order chi connectivity index (χ0) is 15.7. The molecule has 0 bridgehead atoms. The molecule has 1 N–H and O–H groups in total. The summed E-state index contributed by atoms with van der Waals surface area (Å²) in [5.74, 6) is 2.34. The Kier molecular flexibility index (Phi) is 4.06. The highest BCUT2D eigenvalue weighted by Gasteiger charge is 2.14. The molecule has 9 heteroatoms. The van der Waals surface area contributed by atoms with E-state index in [9.17, 15) is 0 Å². The van der Waals surface area contributed by atoms with Gasteiger partial charge in [0, 0.05) is 25.9 Å². The Labute approximate surface area is 135 Å². The Balaban J connectivity index is 1.71. The maximum atomic E-state index is 5.22. The number of halogens is 1. The van der Waals surface area contributed by atoms with E-state index in [0.29, 0.717) is 23.5 Å². The van der Waals surface area contributed by atoms with Gasteiger partial charge >= 0.3 is 0 Å². The van der Waals surface area contributed by atoms with Crippen LogP contribution in [0.5, 0.6) is 0 Å². The van der Waals surface area contributed by atoms with Gasteiger partial charge in [0.25, 0.3) is 0 Å². The van der Waals surface area contributed by atoms with Gasteiger partial charge < -0.3 is 9.84 Å². The van der Waals surface area contributed by atoms with Crippen molar-refractivity contribution in [3.05, 3.63) is 22.6 Å². The van der Waals surface area contributed by atoms with E-state index in [2.05, 4.69) is 46.5 Å². The molecule has 22 heavy (non-hydrogen) atoms. The van der Waals surface area contributed by atoms with Crippen LogP contribution in [0.4, 0.5) is 5.82 Å². The van der Waals surface area contributed by atoms with E-state index in [-0.39, 0.29) is 5.92 Å². The third-order valence-corrected chi connectivity index (χ3v) is 3.76. The van der Waals surface area contributed by atoms with Crippen LogP contribution in [0.25, 0.3) is 11.0 Å². The van der Waals surface area contributed by atoms with E-state index in [1.54, 1.807) is 4.68 Å². The van der Waals surface area contributed by atoms with Crippen molar-refractivity contribution < 1.29 is 4.52 Å². The molecule has 8 nitrogen and oxygen atoms in total. The van der Waals surface area contributed by atoms with Gasteiger partial charge in [0.2, 0.25) is 5.89 Å². The first-order valence-electron chi connectivity index (χ1n) is 6.96. The van der Waals surface area contributed by atoms with Gasteiger partial charge in [0.1, 0.15) is 16.7 Å². The van der Waals surface area contributed by atoms with Gasteiger partial charge in [-0.15, -0.1) is 0 Å². The fourth-order valence-corrected chi connectivity index (χ4v) is 2.67. The minimum Gasteiger partial charge on any atom is -0.369 e. The van der Waals surface area contributed by atoms with Gasteiger partial charge in [-0.2, -0.15) is 10.1 Å². The highest BCUT2D eigenvalue weighted by molar-refractivity contribution is 9.10. The first kappa shape index (κ1) is 14.9. The van der Waals surface area contributed by atoms with Crippen LogP contribution in [-0.4, -0.2) is 36.4 Å². The molecule has 3 aromatic rings. The molecule has 0 amide bonds. The molecular weight excluding hydrogens is 350 g/mol. The van der Waals surface area contributed by atoms with Crippen LogP contribution in [-0.2, 0) is 13.5 Å². The average Bonchev–Trinajstić information content (AvgIpc) is 3.06. The quantitative estimate of drug-likeness (QED) is 0.740. The van der Waals surface area contributed by atoms with Crippen molar-refractivity contribution in [2.45, 2.75) is 26.2 Å². The fraction of sp³-hybridized carbons (Fsp3) is 0.462. The Morgan fingerprint density at radius 3 is 2.91 bits per heavy atom. The number of rotatable bonds is 5. The number of anilines is 1. The molecular formula is C13H16BrN7O. The van der Waals surface area contributed by atoms with Gasteiger partial charge in [-0.3, -0.25) is 0 Å². The summed E-state index contributed by atoms with van der Waals surface area (Å²) in [7, 11) is 1.84. The molecule has 0 radical (unpaired) electrons. The first-order chi connectivity index (χ1) is 10.6. The number of nitrogens with zero attached hydrogens (tertiary/aromatic N) is 6. The summed E-state index contributed by atoms with van der Waals surface area (Å²) in [6.07, 6.45) is 2.14. The second kappa shape index (κ2) is 5.99. The van der Waals surface area contributed by atoms with Crippen molar-refractivity contribution in [1.82, 2.24) is 29.9 Å². The predicted molar refractivity (Wildman–Crippen MR) is 84.6 cm³/mol. The summed E-state index contributed by atoms with van der Waals surface area (Å²) >= 11 is 3.43. The summed E-state index contributed by atoms with van der Waals surface area (Å²) in [5.41, 5.74) is 0.768. The Morgan fingerprint density at radius 2 is 2.18 bits per heavy atom. The van der Waals surface area contributed by atoms with E-state index < -0.39 is 0 Å². The molecule has 3 rings (SSSR count). The summed E-state index contributed by atoms with van der Waals surface area (Å²) in [6.45, 7) is 4.70. The molecule has 0 spiro atoms. The van der Waals surface area contributed by atoms with E-state index in [4.69, 9.17) is 4.52 Å². The number of nitrogens with one attached hydrogen (secondary N) is 1. The van der Waals surface area contributed by atoms with Crippen LogP contribution in [0.3, 0.4) is 0 Å². The normalized spacial score (nSPS) is 11.5. The zero-order valence-corrected chi connectivity index (χ0v) is 14.1. The zero-order valence-electron chi connectivity index (χ0n) is 12.5. The molecule has 0 aliphatic carbocycles. The maximum absolute atomic E-state index is 5.22. The van der Waals surface area contributed by atoms with Crippen molar-refractivity contribution >= 4 is 32.8 Å². The molecule has 116 valence electrons. The van der Waals surface area contributed by atoms with Crippen LogP contribution >= 0.6 is 15.9 Å². The number of fused-ring (bicyclic) bond motifs is 1. The molecule has 0 aliphatic heterocycles. The van der Waals surface area contributed by atoms with Crippen LogP contribution in [0.1, 0.15) is 31.5 Å². The smallest absolute Gasteiger partial charge is 0.228 e. The fourth-order valence-electron chi connectivity index (χ4n) is 2.07. The number of hydrogen-bond donors (Lipinski definition) is 1. The second-order valence-electron chi connectivity index (χ2n) is 5.21. The summed E-state index contributed by atoms with van der Waals surface area (Å²) in [4.78, 5) is 12.9. The molecule has 0 atom stereocenters. The Bertz CT molecular complexity index is 795. The third-order valence-electron chi connectivity index (χ3n) is 3.21. The van der Waals surface area contributed by atoms with Gasteiger partial charge in [0.05, 0.1) is 5.39 Å². The third kappa shape index (κ3) is 2.80. The summed E-state index contributed by atoms with van der Waals surface area (Å²) < 4.78 is 7.64. The number of hydrogen-bond acceptors (Lipinski definition) is 7. The molecule has 0 fully saturated rings. The number of aryl methyl sites for hydroxylation is 1. The summed E-state index contributed by atoms with van der Waals surface area (Å²) in [5, 5.41) is 12.4. The van der Waals surface area contributed by atoms with Gasteiger partial charge in [0.15, 0.2) is 11.5 Å². The SMILES string of the molecule is CC(C)c1noc(CCNc2ncnc3c2c(Br)nn3C)n1. The van der Waals surface area contributed by atoms with Gasteiger partial charge in [-0.1, -0.05) is 19.0 Å². The van der Waals surface area contributed by atoms with Crippen molar-refractivity contribution in [3.8, 4) is 0 Å². The van der Waals surface area contributed by atoms with E-state index in [0.717, 1.165) is 22.7 Å². The topological polar surface area (TPSA) is 94.5 Å². The lowest BCUT2D eigenvalue weighted by atomic mass is 10.2. The van der Waals surface area contributed by atoms with E-state index in [1.807, 2.05) is 20.9 Å². The monoisotopic (exact) mass is 365 g/mol. The van der Waals surface area contributed by atoms with Gasteiger partial charge in [-0.25, -0.2) is 14.6 Å². The molecule has 0 unspecified atom stereocenters. The van der Waals surface area contributed by atoms with Crippen LogP contribution in [0.15, 0.2) is 15.5 Å². The van der Waals surface area contributed by atoms with Crippen molar-refractivity contribution in [1.29, 1.82) is 0 Å². The predicted octanol–water partition coefficient (Wildman–Crippen LogP) is 2.29. The first-order valence-corrected chi connectivity index (χ1v) is 7.75. The minimum atomic E-state index is 0.262. The van der Waals surface area contributed by atoms with Crippen LogP contribution in [0, 0.1) is 0 Å². The van der Waals surface area contributed by atoms with Crippen LogP contribution in [0.2, 0.25) is 0 Å². The van der Waals surface area contributed by atoms with Crippen LogP contribution < -0.4 is 5.32 Å². The minimum absolute atomic E-state index is 0.262. The molecule has 0 aromatic carbocycles. The molecule has 3 aromatic heterocycles. The standard InChI is InChI=1S/C13H16BrN7O/c1-7(2)11-18-8(22-20-11)4-5-15-12-9-10(14)19-21(3)13(9)17-6-16-12/h6-7H,4-5H2,1-3H3,(H,15,16,17). The Hall–Kier alpha value is -2.03. The molecule has 0 saturated carbocycles. The van der Waals surface area contributed by atoms with Gasteiger partial charge in [-0.05, 0) is 15.9 Å². The van der Waals surface area contributed by atoms with Crippen molar-refractivity contribution in [2.75, 3.05) is 11.9 Å². The maximum Gasteiger partial charge on any atom is 0.228 e. The highest BCUT2D eigenvalue weighted by Crippen LogP contribution is 2.26. The lowest BCUT2D eigenvalue weighted by Gasteiger charge is -2.04. The number of aromatic nitrogens is 6. The molecule has 3 heterocycles. The Morgan fingerprint density at radius 1 is 1.36 bits per heavy atom. The molecule has 0 aliphatic rings. The average molecular weight is 366 g/mol. The van der Waals surface area contributed by atoms with E-state index >= 15 is 0 Å². The summed E-state index contributed by atoms with van der Waals surface area (Å²) in [6, 6.07) is 0. The van der Waals surface area contributed by atoms with Crippen molar-refractivity contribution in [2.24, 2.45) is 7.05 Å². The van der Waals surface area contributed by atoms with Crippen molar-refractivity contribution in [3.63, 3.8) is 0 Å². The second-order valence-corrected chi connectivity index (χ2v) is 5.96. The largest absolute Gasteiger partial charge is 0.369 e. The lowest BCUT2D eigenvalue weighted by Crippen LogP contribution is -2.07. The van der Waals surface area contributed by atoms with E-state index in [1.165, 1.54) is 6.33 Å².